The lowest BCUT2D eigenvalue weighted by Crippen LogP contribution is -2.22. The lowest BCUT2D eigenvalue weighted by molar-refractivity contribution is -0.146. The lowest BCUT2D eigenvalue weighted by Gasteiger charge is -2.11. The van der Waals surface area contributed by atoms with E-state index in [2.05, 4.69) is 5.32 Å². The van der Waals surface area contributed by atoms with Crippen LogP contribution in [0.25, 0.3) is 10.8 Å². The molecule has 0 heterocycles. The van der Waals surface area contributed by atoms with Crippen LogP contribution in [0.15, 0.2) is 60.7 Å². The van der Waals surface area contributed by atoms with E-state index in [0.717, 1.165) is 33.2 Å². The molecular weight excluding hydrogens is 326 g/mol. The maximum atomic E-state index is 12.1. The number of carbonyl (C=O) groups excluding carboxylic acids is 2. The number of fused-ring (bicyclic) bond motifs is 1. The highest BCUT2D eigenvalue weighted by Gasteiger charge is 2.11. The van der Waals surface area contributed by atoms with E-state index >= 15 is 0 Å². The Hall–Kier alpha value is -3.14. The van der Waals surface area contributed by atoms with Crippen LogP contribution in [0.2, 0.25) is 0 Å². The summed E-state index contributed by atoms with van der Waals surface area (Å²) in [6.45, 7) is 3.56. The quantitative estimate of drug-likeness (QED) is 0.705. The van der Waals surface area contributed by atoms with E-state index < -0.39 is 5.97 Å². The molecule has 0 spiro atoms. The monoisotopic (exact) mass is 347 g/mol. The molecule has 0 aliphatic rings. The highest BCUT2D eigenvalue weighted by atomic mass is 16.5. The molecule has 0 radical (unpaired) electrons. The molecule has 1 amide bonds. The fourth-order valence-electron chi connectivity index (χ4n) is 2.90. The largest absolute Gasteiger partial charge is 0.455 e. The third-order valence-corrected chi connectivity index (χ3v) is 4.27. The van der Waals surface area contributed by atoms with Gasteiger partial charge >= 0.3 is 5.97 Å². The molecule has 3 aromatic carbocycles. The van der Waals surface area contributed by atoms with Gasteiger partial charge in [-0.1, -0.05) is 60.7 Å². The first-order valence-electron chi connectivity index (χ1n) is 8.52. The van der Waals surface area contributed by atoms with Crippen molar-refractivity contribution in [3.05, 3.63) is 77.4 Å². The minimum Gasteiger partial charge on any atom is -0.455 e. The van der Waals surface area contributed by atoms with E-state index in [1.165, 1.54) is 0 Å². The molecule has 26 heavy (non-hydrogen) atoms. The van der Waals surface area contributed by atoms with Crippen molar-refractivity contribution in [2.24, 2.45) is 0 Å². The summed E-state index contributed by atoms with van der Waals surface area (Å²) in [5.41, 5.74) is 3.58. The first-order valence-corrected chi connectivity index (χ1v) is 8.52. The number of aryl methyl sites for hydroxylation is 2. The molecule has 0 bridgehead atoms. The third-order valence-electron chi connectivity index (χ3n) is 4.27. The fourth-order valence-corrected chi connectivity index (χ4v) is 2.90. The number of ether oxygens (including phenoxy) is 1. The van der Waals surface area contributed by atoms with Gasteiger partial charge in [0.05, 0.1) is 6.42 Å². The SMILES string of the molecule is Cc1cccc(C)c1NC(=O)COC(=O)Cc1ccc2ccccc2c1. The summed E-state index contributed by atoms with van der Waals surface area (Å²) in [5.74, 6) is -0.758. The van der Waals surface area contributed by atoms with Crippen LogP contribution in [0.4, 0.5) is 5.69 Å². The van der Waals surface area contributed by atoms with Crippen molar-refractivity contribution in [1.82, 2.24) is 0 Å². The molecule has 3 rings (SSSR count). The van der Waals surface area contributed by atoms with Gasteiger partial charge in [0.25, 0.3) is 5.91 Å². The van der Waals surface area contributed by atoms with E-state index in [1.54, 1.807) is 0 Å². The molecule has 0 aliphatic carbocycles. The summed E-state index contributed by atoms with van der Waals surface area (Å²) >= 11 is 0. The van der Waals surface area contributed by atoms with Crippen molar-refractivity contribution in [3.63, 3.8) is 0 Å². The van der Waals surface area contributed by atoms with Crippen molar-refractivity contribution in [2.45, 2.75) is 20.3 Å². The van der Waals surface area contributed by atoms with Gasteiger partial charge in [-0.25, -0.2) is 0 Å². The van der Waals surface area contributed by atoms with Crippen LogP contribution >= 0.6 is 0 Å². The van der Waals surface area contributed by atoms with Crippen molar-refractivity contribution >= 4 is 28.3 Å². The molecule has 0 fully saturated rings. The molecule has 0 saturated carbocycles. The Balaban J connectivity index is 1.55. The van der Waals surface area contributed by atoms with Crippen LogP contribution < -0.4 is 5.32 Å². The van der Waals surface area contributed by atoms with E-state index in [0.29, 0.717) is 0 Å². The van der Waals surface area contributed by atoms with Crippen molar-refractivity contribution in [3.8, 4) is 0 Å². The van der Waals surface area contributed by atoms with Gasteiger partial charge in [0.2, 0.25) is 0 Å². The van der Waals surface area contributed by atoms with Gasteiger partial charge in [0.15, 0.2) is 6.61 Å². The summed E-state index contributed by atoms with van der Waals surface area (Å²) < 4.78 is 5.12. The van der Waals surface area contributed by atoms with Gasteiger partial charge in [0, 0.05) is 5.69 Å². The Labute approximate surface area is 152 Å². The Morgan fingerprint density at radius 1 is 0.885 bits per heavy atom. The van der Waals surface area contributed by atoms with Gasteiger partial charge in [-0.05, 0) is 41.3 Å². The third kappa shape index (κ3) is 4.28. The van der Waals surface area contributed by atoms with Gasteiger partial charge in [-0.15, -0.1) is 0 Å². The summed E-state index contributed by atoms with van der Waals surface area (Å²) in [7, 11) is 0. The Kier molecular flexibility index (Phi) is 5.32. The van der Waals surface area contributed by atoms with Gasteiger partial charge in [0.1, 0.15) is 0 Å². The average molecular weight is 347 g/mol. The molecule has 0 aliphatic heterocycles. The zero-order valence-electron chi connectivity index (χ0n) is 14.9. The predicted octanol–water partition coefficient (Wildman–Crippen LogP) is 4.18. The lowest BCUT2D eigenvalue weighted by atomic mass is 10.1. The second-order valence-corrected chi connectivity index (χ2v) is 6.33. The summed E-state index contributed by atoms with van der Waals surface area (Å²) in [4.78, 5) is 24.1. The fraction of sp³-hybridized carbons (Fsp3) is 0.182. The minimum absolute atomic E-state index is 0.140. The van der Waals surface area contributed by atoms with E-state index in [4.69, 9.17) is 4.74 Å². The minimum atomic E-state index is -0.420. The zero-order chi connectivity index (χ0) is 18.5. The summed E-state index contributed by atoms with van der Waals surface area (Å²) in [6.07, 6.45) is 0.140. The Bertz CT molecular complexity index is 942. The number of rotatable bonds is 5. The van der Waals surface area contributed by atoms with Gasteiger partial charge in [-0.3, -0.25) is 9.59 Å². The second-order valence-electron chi connectivity index (χ2n) is 6.33. The highest BCUT2D eigenvalue weighted by molar-refractivity contribution is 5.94. The number of hydrogen-bond donors (Lipinski definition) is 1. The average Bonchev–Trinajstić information content (AvgIpc) is 2.63. The number of anilines is 1. The summed E-state index contributed by atoms with van der Waals surface area (Å²) in [5, 5.41) is 5.00. The van der Waals surface area contributed by atoms with Crippen molar-refractivity contribution < 1.29 is 14.3 Å². The highest BCUT2D eigenvalue weighted by Crippen LogP contribution is 2.19. The molecule has 0 aromatic heterocycles. The number of benzene rings is 3. The van der Waals surface area contributed by atoms with Gasteiger partial charge in [-0.2, -0.15) is 0 Å². The first kappa shape index (κ1) is 17.7. The van der Waals surface area contributed by atoms with Crippen molar-refractivity contribution in [2.75, 3.05) is 11.9 Å². The molecule has 4 heteroatoms. The number of amides is 1. The van der Waals surface area contributed by atoms with E-state index in [9.17, 15) is 9.59 Å². The Morgan fingerprint density at radius 3 is 2.31 bits per heavy atom. The van der Waals surface area contributed by atoms with Crippen LogP contribution in [0.3, 0.4) is 0 Å². The normalized spacial score (nSPS) is 10.5. The molecule has 3 aromatic rings. The van der Waals surface area contributed by atoms with Crippen molar-refractivity contribution in [1.29, 1.82) is 0 Å². The number of carbonyl (C=O) groups is 2. The second kappa shape index (κ2) is 7.83. The predicted molar refractivity (Wildman–Crippen MR) is 103 cm³/mol. The molecular formula is C22H21NO3. The van der Waals surface area contributed by atoms with Crippen LogP contribution in [0.5, 0.6) is 0 Å². The molecule has 0 saturated heterocycles. The molecule has 4 nitrogen and oxygen atoms in total. The smallest absolute Gasteiger partial charge is 0.310 e. The topological polar surface area (TPSA) is 55.4 Å². The van der Waals surface area contributed by atoms with Crippen LogP contribution in [0.1, 0.15) is 16.7 Å². The number of esters is 1. The van der Waals surface area contributed by atoms with Gasteiger partial charge < -0.3 is 10.1 Å². The maximum Gasteiger partial charge on any atom is 0.310 e. The number of hydrogen-bond acceptors (Lipinski definition) is 3. The number of para-hydroxylation sites is 1. The molecule has 132 valence electrons. The van der Waals surface area contributed by atoms with Crippen LogP contribution in [0, 0.1) is 13.8 Å². The zero-order valence-corrected chi connectivity index (χ0v) is 14.9. The molecule has 1 N–H and O–H groups in total. The summed E-state index contributed by atoms with van der Waals surface area (Å²) in [6, 6.07) is 19.6. The first-order chi connectivity index (χ1) is 12.5. The van der Waals surface area contributed by atoms with Crippen LogP contribution in [-0.2, 0) is 20.7 Å². The molecule has 0 atom stereocenters. The maximum absolute atomic E-state index is 12.1. The molecule has 0 unspecified atom stereocenters. The standard InChI is InChI=1S/C22H21NO3/c1-15-6-5-7-16(2)22(15)23-20(24)14-26-21(25)13-17-10-11-18-8-3-4-9-19(18)12-17/h3-12H,13-14H2,1-2H3,(H,23,24). The number of nitrogens with one attached hydrogen (secondary N) is 1. The Morgan fingerprint density at radius 2 is 1.58 bits per heavy atom. The van der Waals surface area contributed by atoms with E-state index in [-0.39, 0.29) is 18.9 Å². The van der Waals surface area contributed by atoms with Crippen LogP contribution in [-0.4, -0.2) is 18.5 Å². The van der Waals surface area contributed by atoms with E-state index in [1.807, 2.05) is 74.5 Å².